The molecular formula is C19H22N8. The first-order chi connectivity index (χ1) is 13.0. The van der Waals surface area contributed by atoms with Crippen LogP contribution in [0.1, 0.15) is 51.3 Å². The van der Waals surface area contributed by atoms with E-state index in [1.54, 1.807) is 0 Å². The fraction of sp³-hybridized carbons (Fsp3) is 0.421. The zero-order chi connectivity index (χ0) is 18.6. The van der Waals surface area contributed by atoms with Gasteiger partial charge in [0.05, 0.1) is 18.0 Å². The summed E-state index contributed by atoms with van der Waals surface area (Å²) in [5, 5.41) is 13.3. The molecule has 138 valence electrons. The molecule has 0 spiro atoms. The summed E-state index contributed by atoms with van der Waals surface area (Å²) in [5.41, 5.74) is 0.754. The lowest BCUT2D eigenvalue weighted by Crippen LogP contribution is -2.18. The second-order valence-electron chi connectivity index (χ2n) is 8.16. The SMILES string of the molecule is CC(C)(C)c1nc(-n2cccc2)c2ccn(Cc3nnnn3C3CC3)c2n1. The van der Waals surface area contributed by atoms with E-state index in [1.807, 2.05) is 40.0 Å². The molecule has 1 saturated carbocycles. The molecule has 0 aromatic carbocycles. The van der Waals surface area contributed by atoms with Crippen molar-refractivity contribution in [3.05, 3.63) is 48.4 Å². The summed E-state index contributed by atoms with van der Waals surface area (Å²) in [6.45, 7) is 7.00. The van der Waals surface area contributed by atoms with Crippen molar-refractivity contribution in [2.24, 2.45) is 0 Å². The maximum Gasteiger partial charge on any atom is 0.171 e. The van der Waals surface area contributed by atoms with Crippen LogP contribution in [0, 0.1) is 0 Å². The van der Waals surface area contributed by atoms with Gasteiger partial charge in [-0.15, -0.1) is 5.10 Å². The highest BCUT2D eigenvalue weighted by Gasteiger charge is 2.28. The second-order valence-corrected chi connectivity index (χ2v) is 8.16. The number of fused-ring (bicyclic) bond motifs is 1. The highest BCUT2D eigenvalue weighted by Crippen LogP contribution is 2.34. The first-order valence-electron chi connectivity index (χ1n) is 9.28. The summed E-state index contributed by atoms with van der Waals surface area (Å²) in [4.78, 5) is 9.78. The van der Waals surface area contributed by atoms with Gasteiger partial charge in [-0.3, -0.25) is 0 Å². The van der Waals surface area contributed by atoms with Crippen molar-refractivity contribution >= 4 is 11.0 Å². The van der Waals surface area contributed by atoms with Crippen molar-refractivity contribution in [1.29, 1.82) is 0 Å². The summed E-state index contributed by atoms with van der Waals surface area (Å²) < 4.78 is 6.10. The van der Waals surface area contributed by atoms with E-state index in [9.17, 15) is 0 Å². The van der Waals surface area contributed by atoms with Gasteiger partial charge in [0, 0.05) is 24.0 Å². The number of hydrogen-bond acceptors (Lipinski definition) is 5. The Kier molecular flexibility index (Phi) is 3.43. The second kappa shape index (κ2) is 5.73. The molecule has 0 atom stereocenters. The predicted molar refractivity (Wildman–Crippen MR) is 101 cm³/mol. The van der Waals surface area contributed by atoms with Crippen LogP contribution in [-0.4, -0.2) is 39.3 Å². The Hall–Kier alpha value is -3.03. The first-order valence-corrected chi connectivity index (χ1v) is 9.28. The fourth-order valence-corrected chi connectivity index (χ4v) is 3.26. The molecule has 0 unspecified atom stereocenters. The quantitative estimate of drug-likeness (QED) is 0.558. The minimum atomic E-state index is -0.152. The molecule has 0 amide bonds. The van der Waals surface area contributed by atoms with Crippen LogP contribution in [0.2, 0.25) is 0 Å². The van der Waals surface area contributed by atoms with Gasteiger partial charge in [0.15, 0.2) is 5.82 Å². The minimum absolute atomic E-state index is 0.152. The van der Waals surface area contributed by atoms with Crippen molar-refractivity contribution in [2.45, 2.75) is 51.6 Å². The van der Waals surface area contributed by atoms with Crippen molar-refractivity contribution < 1.29 is 0 Å². The zero-order valence-electron chi connectivity index (χ0n) is 15.7. The monoisotopic (exact) mass is 362 g/mol. The molecule has 5 rings (SSSR count). The van der Waals surface area contributed by atoms with Crippen LogP contribution in [0.15, 0.2) is 36.8 Å². The van der Waals surface area contributed by atoms with Gasteiger partial charge < -0.3 is 9.13 Å². The first kappa shape index (κ1) is 16.2. The van der Waals surface area contributed by atoms with Crippen molar-refractivity contribution in [3.63, 3.8) is 0 Å². The smallest absolute Gasteiger partial charge is 0.171 e. The van der Waals surface area contributed by atoms with Crippen LogP contribution in [0.25, 0.3) is 16.9 Å². The van der Waals surface area contributed by atoms with E-state index in [1.165, 1.54) is 0 Å². The van der Waals surface area contributed by atoms with Crippen LogP contribution in [0.3, 0.4) is 0 Å². The molecule has 0 N–H and O–H groups in total. The summed E-state index contributed by atoms with van der Waals surface area (Å²) in [6.07, 6.45) is 8.38. The Morgan fingerprint density at radius 3 is 2.56 bits per heavy atom. The standard InChI is InChI=1S/C19H22N8/c1-19(2,3)18-20-16(25-9-4-5-10-25)14-8-11-26(17(14)21-18)12-15-22-23-24-27(15)13-6-7-13/h4-5,8-11,13H,6-7,12H2,1-3H3. The summed E-state index contributed by atoms with van der Waals surface area (Å²) in [6, 6.07) is 6.53. The third-order valence-corrected chi connectivity index (χ3v) is 4.88. The van der Waals surface area contributed by atoms with Gasteiger partial charge in [0.2, 0.25) is 0 Å². The van der Waals surface area contributed by atoms with E-state index in [0.29, 0.717) is 12.6 Å². The highest BCUT2D eigenvalue weighted by molar-refractivity contribution is 5.84. The van der Waals surface area contributed by atoms with Crippen molar-refractivity contribution in [3.8, 4) is 5.82 Å². The topological polar surface area (TPSA) is 79.2 Å². The molecule has 27 heavy (non-hydrogen) atoms. The lowest BCUT2D eigenvalue weighted by molar-refractivity contribution is 0.543. The maximum absolute atomic E-state index is 4.91. The number of hydrogen-bond donors (Lipinski definition) is 0. The van der Waals surface area contributed by atoms with E-state index < -0.39 is 0 Å². The predicted octanol–water partition coefficient (Wildman–Crippen LogP) is 2.89. The fourth-order valence-electron chi connectivity index (χ4n) is 3.26. The zero-order valence-corrected chi connectivity index (χ0v) is 15.7. The van der Waals surface area contributed by atoms with Crippen LogP contribution in [0.5, 0.6) is 0 Å². The van der Waals surface area contributed by atoms with Crippen molar-refractivity contribution in [1.82, 2.24) is 39.3 Å². The summed E-state index contributed by atoms with van der Waals surface area (Å²) >= 11 is 0. The molecule has 4 aromatic rings. The van der Waals surface area contributed by atoms with Gasteiger partial charge in [0.1, 0.15) is 17.3 Å². The van der Waals surface area contributed by atoms with Gasteiger partial charge in [0.25, 0.3) is 0 Å². The Morgan fingerprint density at radius 2 is 1.85 bits per heavy atom. The maximum atomic E-state index is 4.91. The molecule has 1 aliphatic carbocycles. The van der Waals surface area contributed by atoms with Gasteiger partial charge in [-0.25, -0.2) is 14.6 Å². The Labute approximate surface area is 156 Å². The van der Waals surface area contributed by atoms with Gasteiger partial charge >= 0.3 is 0 Å². The molecule has 1 fully saturated rings. The molecule has 0 aliphatic heterocycles. The largest absolute Gasteiger partial charge is 0.325 e. The van der Waals surface area contributed by atoms with Crippen molar-refractivity contribution in [2.75, 3.05) is 0 Å². The van der Waals surface area contributed by atoms with E-state index in [4.69, 9.17) is 9.97 Å². The van der Waals surface area contributed by atoms with E-state index in [0.717, 1.165) is 41.3 Å². The average Bonchev–Trinajstić information content (AvgIpc) is 3.04. The lowest BCUT2D eigenvalue weighted by Gasteiger charge is -2.18. The third-order valence-electron chi connectivity index (χ3n) is 4.88. The Balaban J connectivity index is 1.65. The van der Waals surface area contributed by atoms with E-state index >= 15 is 0 Å². The molecular weight excluding hydrogens is 340 g/mol. The number of tetrazole rings is 1. The molecule has 8 heteroatoms. The molecule has 0 bridgehead atoms. The Morgan fingerprint density at radius 1 is 1.07 bits per heavy atom. The molecule has 4 heterocycles. The molecule has 1 aliphatic rings. The molecule has 8 nitrogen and oxygen atoms in total. The minimum Gasteiger partial charge on any atom is -0.325 e. The molecule has 0 radical (unpaired) electrons. The Bertz CT molecular complexity index is 1090. The van der Waals surface area contributed by atoms with E-state index in [2.05, 4.69) is 46.9 Å². The van der Waals surface area contributed by atoms with Gasteiger partial charge in [-0.05, 0) is 41.5 Å². The van der Waals surface area contributed by atoms with Crippen LogP contribution in [-0.2, 0) is 12.0 Å². The lowest BCUT2D eigenvalue weighted by atomic mass is 9.95. The number of rotatable bonds is 4. The normalized spacial score (nSPS) is 14.9. The average molecular weight is 362 g/mol. The van der Waals surface area contributed by atoms with Crippen LogP contribution >= 0.6 is 0 Å². The van der Waals surface area contributed by atoms with E-state index in [-0.39, 0.29) is 5.41 Å². The number of aromatic nitrogens is 8. The third kappa shape index (κ3) is 2.81. The van der Waals surface area contributed by atoms with Crippen LogP contribution < -0.4 is 0 Å². The summed E-state index contributed by atoms with van der Waals surface area (Å²) in [7, 11) is 0. The molecule has 0 saturated heterocycles. The van der Waals surface area contributed by atoms with Gasteiger partial charge in [-0.1, -0.05) is 20.8 Å². The van der Waals surface area contributed by atoms with Crippen LogP contribution in [0.4, 0.5) is 0 Å². The highest BCUT2D eigenvalue weighted by atomic mass is 15.6. The number of nitrogens with zero attached hydrogens (tertiary/aromatic N) is 8. The molecule has 4 aromatic heterocycles. The van der Waals surface area contributed by atoms with Gasteiger partial charge in [-0.2, -0.15) is 0 Å². The summed E-state index contributed by atoms with van der Waals surface area (Å²) in [5.74, 6) is 2.59.